The summed E-state index contributed by atoms with van der Waals surface area (Å²) in [6, 6.07) is -1.62. The lowest BCUT2D eigenvalue weighted by molar-refractivity contribution is -0.168. The van der Waals surface area contributed by atoms with Gasteiger partial charge < -0.3 is 0 Å². The first-order valence-electron chi connectivity index (χ1n) is 5.37. The van der Waals surface area contributed by atoms with Crippen LogP contribution in [0.2, 0.25) is 0 Å². The minimum atomic E-state index is -4.31. The van der Waals surface area contributed by atoms with Gasteiger partial charge in [-0.15, -0.1) is 0 Å². The Balaban J connectivity index is 2.68. The van der Waals surface area contributed by atoms with E-state index in [0.29, 0.717) is 12.8 Å². The van der Waals surface area contributed by atoms with Gasteiger partial charge in [0.25, 0.3) is 0 Å². The highest BCUT2D eigenvalue weighted by molar-refractivity contribution is 7.84. The molecule has 0 aromatic heterocycles. The molecule has 1 aliphatic carbocycles. The molecule has 0 radical (unpaired) electrons. The summed E-state index contributed by atoms with van der Waals surface area (Å²) in [6.07, 6.45) is -2.34. The van der Waals surface area contributed by atoms with Crippen LogP contribution in [0.3, 0.4) is 0 Å². The molecule has 0 saturated heterocycles. The Hall–Kier alpha value is -0.100. The summed E-state index contributed by atoms with van der Waals surface area (Å²) >= 11 is 0. The van der Waals surface area contributed by atoms with E-state index >= 15 is 0 Å². The molecule has 1 aliphatic rings. The largest absolute Gasteiger partial charge is 0.405 e. The third kappa shape index (κ3) is 3.45. The molecule has 1 N–H and O–H groups in total. The van der Waals surface area contributed by atoms with Crippen molar-refractivity contribution < 1.29 is 17.4 Å². The van der Waals surface area contributed by atoms with Crippen molar-refractivity contribution in [2.75, 3.05) is 0 Å². The average Bonchev–Trinajstić information content (AvgIpc) is 1.95. The first kappa shape index (κ1) is 14.0. The van der Waals surface area contributed by atoms with Gasteiger partial charge in [-0.05, 0) is 39.5 Å². The molecule has 0 aromatic rings. The van der Waals surface area contributed by atoms with Crippen LogP contribution in [-0.2, 0) is 11.0 Å². The number of nitrogens with one attached hydrogen (secondary N) is 1. The normalized spacial score (nSPS) is 22.6. The topological polar surface area (TPSA) is 29.1 Å². The second kappa shape index (κ2) is 4.64. The zero-order chi connectivity index (χ0) is 12.6. The average molecular weight is 257 g/mol. The number of hydrogen-bond donors (Lipinski definition) is 1. The molecule has 2 nitrogen and oxygen atoms in total. The predicted octanol–water partition coefficient (Wildman–Crippen LogP) is 2.77. The number of halogens is 3. The molecule has 0 aromatic carbocycles. The number of alkyl halides is 3. The molecule has 0 heterocycles. The Bertz CT molecular complexity index is 268. The highest BCUT2D eigenvalue weighted by atomic mass is 32.2. The Morgan fingerprint density at radius 1 is 1.25 bits per heavy atom. The first-order valence-corrected chi connectivity index (χ1v) is 6.52. The highest BCUT2D eigenvalue weighted by Gasteiger charge is 2.47. The van der Waals surface area contributed by atoms with Gasteiger partial charge in [0.1, 0.15) is 6.04 Å². The Labute approximate surface area is 96.6 Å². The van der Waals surface area contributed by atoms with Crippen LogP contribution in [0, 0.1) is 5.92 Å². The van der Waals surface area contributed by atoms with Crippen LogP contribution in [0.25, 0.3) is 0 Å². The van der Waals surface area contributed by atoms with Crippen molar-refractivity contribution >= 4 is 11.0 Å². The molecule has 0 bridgehead atoms. The van der Waals surface area contributed by atoms with Gasteiger partial charge in [-0.25, -0.2) is 8.93 Å². The van der Waals surface area contributed by atoms with E-state index in [2.05, 4.69) is 4.72 Å². The minimum absolute atomic E-state index is 0.411. The molecule has 1 fully saturated rings. The lowest BCUT2D eigenvalue weighted by atomic mass is 9.80. The summed E-state index contributed by atoms with van der Waals surface area (Å²) < 4.78 is 51.5. The molecule has 0 spiro atoms. The van der Waals surface area contributed by atoms with Gasteiger partial charge in [-0.2, -0.15) is 13.2 Å². The second-order valence-corrected chi connectivity index (χ2v) is 7.21. The highest BCUT2D eigenvalue weighted by Crippen LogP contribution is 2.37. The van der Waals surface area contributed by atoms with Gasteiger partial charge in [0.05, 0.1) is 15.7 Å². The zero-order valence-electron chi connectivity index (χ0n) is 9.73. The van der Waals surface area contributed by atoms with Crippen molar-refractivity contribution in [2.45, 2.75) is 57.0 Å². The third-order valence-corrected chi connectivity index (χ3v) is 4.34. The third-order valence-electron chi connectivity index (χ3n) is 2.76. The molecule has 0 aliphatic heterocycles. The fourth-order valence-electron chi connectivity index (χ4n) is 1.50. The van der Waals surface area contributed by atoms with Crippen molar-refractivity contribution in [1.82, 2.24) is 4.72 Å². The number of hydrogen-bond acceptors (Lipinski definition) is 1. The molecule has 6 heteroatoms. The van der Waals surface area contributed by atoms with Crippen LogP contribution < -0.4 is 4.72 Å². The van der Waals surface area contributed by atoms with Crippen LogP contribution >= 0.6 is 0 Å². The number of rotatable bonds is 3. The molecule has 2 atom stereocenters. The maximum atomic E-state index is 12.7. The van der Waals surface area contributed by atoms with Gasteiger partial charge >= 0.3 is 6.18 Å². The minimum Gasteiger partial charge on any atom is -0.242 e. The molecule has 16 heavy (non-hydrogen) atoms. The van der Waals surface area contributed by atoms with Crippen LogP contribution in [-0.4, -0.2) is 21.2 Å². The maximum Gasteiger partial charge on any atom is 0.405 e. The second-order valence-electron chi connectivity index (χ2n) is 5.21. The molecular weight excluding hydrogens is 239 g/mol. The van der Waals surface area contributed by atoms with Gasteiger partial charge in [0, 0.05) is 0 Å². The van der Waals surface area contributed by atoms with Gasteiger partial charge in [-0.1, -0.05) is 6.42 Å². The first-order chi connectivity index (χ1) is 7.12. The summed E-state index contributed by atoms with van der Waals surface area (Å²) in [5.74, 6) is -0.411. The van der Waals surface area contributed by atoms with E-state index in [4.69, 9.17) is 0 Å². The van der Waals surface area contributed by atoms with Crippen molar-refractivity contribution in [3.8, 4) is 0 Å². The summed E-state index contributed by atoms with van der Waals surface area (Å²) in [7, 11) is -1.67. The Kier molecular flexibility index (Phi) is 4.05. The SMILES string of the molecule is CC(C)(C)[S@](=O)N[C@H](C1CCC1)C(F)(F)F. The molecule has 1 rings (SSSR count). The van der Waals surface area contributed by atoms with Crippen LogP contribution in [0.1, 0.15) is 40.0 Å². The Morgan fingerprint density at radius 2 is 1.75 bits per heavy atom. The van der Waals surface area contributed by atoms with E-state index in [0.717, 1.165) is 6.42 Å². The lowest BCUT2D eigenvalue weighted by Crippen LogP contribution is -2.53. The smallest absolute Gasteiger partial charge is 0.242 e. The van der Waals surface area contributed by atoms with E-state index in [-0.39, 0.29) is 0 Å². The molecule has 1 saturated carbocycles. The van der Waals surface area contributed by atoms with Crippen molar-refractivity contribution in [1.29, 1.82) is 0 Å². The van der Waals surface area contributed by atoms with Crippen LogP contribution in [0.15, 0.2) is 0 Å². The van der Waals surface area contributed by atoms with Gasteiger partial charge in [-0.3, -0.25) is 0 Å². The van der Waals surface area contributed by atoms with Gasteiger partial charge in [0.2, 0.25) is 0 Å². The van der Waals surface area contributed by atoms with E-state index in [1.807, 2.05) is 0 Å². The summed E-state index contributed by atoms with van der Waals surface area (Å²) in [6.45, 7) is 4.97. The predicted molar refractivity (Wildman–Crippen MR) is 58.2 cm³/mol. The summed E-state index contributed by atoms with van der Waals surface area (Å²) in [5, 5.41) is 0. The fourth-order valence-corrected chi connectivity index (χ4v) is 2.41. The van der Waals surface area contributed by atoms with Crippen LogP contribution in [0.4, 0.5) is 13.2 Å². The van der Waals surface area contributed by atoms with Gasteiger partial charge in [0.15, 0.2) is 0 Å². The van der Waals surface area contributed by atoms with Crippen molar-refractivity contribution in [3.05, 3.63) is 0 Å². The van der Waals surface area contributed by atoms with Crippen molar-refractivity contribution in [3.63, 3.8) is 0 Å². The zero-order valence-corrected chi connectivity index (χ0v) is 10.5. The molecule has 96 valence electrons. The van der Waals surface area contributed by atoms with Crippen LogP contribution in [0.5, 0.6) is 0 Å². The van der Waals surface area contributed by atoms with E-state index in [9.17, 15) is 17.4 Å². The monoisotopic (exact) mass is 257 g/mol. The summed E-state index contributed by atoms with van der Waals surface area (Å²) in [4.78, 5) is 0. The van der Waals surface area contributed by atoms with E-state index < -0.39 is 33.9 Å². The molecule has 0 unspecified atom stereocenters. The fraction of sp³-hybridized carbons (Fsp3) is 1.00. The Morgan fingerprint density at radius 3 is 2.00 bits per heavy atom. The summed E-state index contributed by atoms with van der Waals surface area (Å²) in [5.41, 5.74) is 0. The standard InChI is InChI=1S/C10H18F3NOS/c1-9(2,3)16(15)14-8(10(11,12)13)7-5-4-6-7/h7-8,14H,4-6H2,1-3H3/t8-,16+/m1/s1. The van der Waals surface area contributed by atoms with E-state index in [1.165, 1.54) is 0 Å². The molecular formula is C10H18F3NOS. The molecule has 0 amide bonds. The lowest BCUT2D eigenvalue weighted by Gasteiger charge is -2.36. The van der Waals surface area contributed by atoms with E-state index in [1.54, 1.807) is 20.8 Å². The maximum absolute atomic E-state index is 12.7. The van der Waals surface area contributed by atoms with Crippen molar-refractivity contribution in [2.24, 2.45) is 5.92 Å². The quantitative estimate of drug-likeness (QED) is 0.827.